The third-order valence-corrected chi connectivity index (χ3v) is 4.71. The van der Waals surface area contributed by atoms with Crippen molar-refractivity contribution in [3.05, 3.63) is 70.3 Å². The molecule has 0 aliphatic carbocycles. The Labute approximate surface area is 169 Å². The maximum atomic E-state index is 13.2. The van der Waals surface area contributed by atoms with E-state index in [2.05, 4.69) is 11.4 Å². The van der Waals surface area contributed by atoms with Crippen LogP contribution in [-0.4, -0.2) is 28.8 Å². The summed E-state index contributed by atoms with van der Waals surface area (Å²) in [4.78, 5) is 27.5. The monoisotopic (exact) mass is 380 g/mol. The van der Waals surface area contributed by atoms with Crippen molar-refractivity contribution in [1.82, 2.24) is 10.2 Å². The molecule has 2 rings (SSSR count). The van der Waals surface area contributed by atoms with Crippen LogP contribution in [0.1, 0.15) is 48.6 Å². The Morgan fingerprint density at radius 1 is 0.857 bits per heavy atom. The van der Waals surface area contributed by atoms with Crippen molar-refractivity contribution < 1.29 is 9.59 Å². The van der Waals surface area contributed by atoms with Crippen molar-refractivity contribution in [1.29, 1.82) is 0 Å². The maximum Gasteiger partial charge on any atom is 0.242 e. The summed E-state index contributed by atoms with van der Waals surface area (Å²) in [6, 6.07) is 13.7. The van der Waals surface area contributed by atoms with E-state index in [0.29, 0.717) is 6.54 Å². The van der Waals surface area contributed by atoms with Gasteiger partial charge in [-0.3, -0.25) is 9.59 Å². The Morgan fingerprint density at radius 2 is 1.43 bits per heavy atom. The highest BCUT2D eigenvalue weighted by atomic mass is 16.2. The lowest BCUT2D eigenvalue weighted by Crippen LogP contribution is -2.49. The molecule has 0 saturated carbocycles. The number of nitrogens with one attached hydrogen (secondary N) is 1. The van der Waals surface area contributed by atoms with E-state index in [1.54, 1.807) is 11.8 Å². The van der Waals surface area contributed by atoms with Crippen molar-refractivity contribution in [2.24, 2.45) is 0 Å². The Balaban J connectivity index is 2.25. The second-order valence-corrected chi connectivity index (χ2v) is 8.02. The van der Waals surface area contributed by atoms with Crippen LogP contribution in [0.5, 0.6) is 0 Å². The summed E-state index contributed by atoms with van der Waals surface area (Å²) in [5, 5.41) is 2.92. The standard InChI is InChI=1S/C24H32N2O2/c1-16(2)25-24(28)20(6)26(15-21-9-7-17(3)8-10-21)23(27)14-22-12-18(4)11-19(5)13-22/h7-13,16,20H,14-15H2,1-6H3,(H,25,28)/t20-/m1/s1. The topological polar surface area (TPSA) is 49.4 Å². The van der Waals surface area contributed by atoms with Gasteiger partial charge in [-0.05, 0) is 52.7 Å². The number of aryl methyl sites for hydroxylation is 3. The van der Waals surface area contributed by atoms with E-state index in [1.165, 1.54) is 5.56 Å². The van der Waals surface area contributed by atoms with E-state index in [-0.39, 0.29) is 24.3 Å². The van der Waals surface area contributed by atoms with E-state index >= 15 is 0 Å². The second-order valence-electron chi connectivity index (χ2n) is 8.02. The maximum absolute atomic E-state index is 13.2. The van der Waals surface area contributed by atoms with Crippen molar-refractivity contribution in [2.75, 3.05) is 0 Å². The van der Waals surface area contributed by atoms with E-state index in [4.69, 9.17) is 0 Å². The van der Waals surface area contributed by atoms with Gasteiger partial charge in [0.15, 0.2) is 0 Å². The van der Waals surface area contributed by atoms with Crippen LogP contribution in [0.3, 0.4) is 0 Å². The van der Waals surface area contributed by atoms with Crippen molar-refractivity contribution in [2.45, 2.75) is 66.6 Å². The summed E-state index contributed by atoms with van der Waals surface area (Å²) in [7, 11) is 0. The molecule has 28 heavy (non-hydrogen) atoms. The number of hydrogen-bond donors (Lipinski definition) is 1. The fourth-order valence-electron chi connectivity index (χ4n) is 3.33. The van der Waals surface area contributed by atoms with Crippen molar-refractivity contribution in [3.63, 3.8) is 0 Å². The van der Waals surface area contributed by atoms with E-state index in [9.17, 15) is 9.59 Å². The number of carbonyl (C=O) groups excluding carboxylic acids is 2. The van der Waals surface area contributed by atoms with E-state index in [1.807, 2.05) is 71.0 Å². The first-order valence-electron chi connectivity index (χ1n) is 9.88. The zero-order valence-electron chi connectivity index (χ0n) is 17.9. The Kier molecular flexibility index (Phi) is 7.38. The van der Waals surface area contributed by atoms with Crippen LogP contribution < -0.4 is 5.32 Å². The molecular weight excluding hydrogens is 348 g/mol. The van der Waals surface area contributed by atoms with Gasteiger partial charge in [-0.2, -0.15) is 0 Å². The predicted octanol–water partition coefficient (Wildman–Crippen LogP) is 4.10. The van der Waals surface area contributed by atoms with E-state index < -0.39 is 6.04 Å². The number of nitrogens with zero attached hydrogens (tertiary/aromatic N) is 1. The third kappa shape index (κ3) is 6.22. The van der Waals surface area contributed by atoms with Crippen LogP contribution >= 0.6 is 0 Å². The zero-order chi connectivity index (χ0) is 20.8. The van der Waals surface area contributed by atoms with Gasteiger partial charge in [0.05, 0.1) is 6.42 Å². The molecule has 0 spiro atoms. The molecule has 2 aromatic carbocycles. The van der Waals surface area contributed by atoms with Gasteiger partial charge in [-0.25, -0.2) is 0 Å². The lowest BCUT2D eigenvalue weighted by molar-refractivity contribution is -0.140. The van der Waals surface area contributed by atoms with Gasteiger partial charge in [0.1, 0.15) is 6.04 Å². The minimum absolute atomic E-state index is 0.0331. The van der Waals surface area contributed by atoms with Crippen molar-refractivity contribution in [3.8, 4) is 0 Å². The van der Waals surface area contributed by atoms with Crippen LogP contribution in [0.2, 0.25) is 0 Å². The Bertz CT molecular complexity index is 805. The lowest BCUT2D eigenvalue weighted by atomic mass is 10.0. The van der Waals surface area contributed by atoms with Crippen LogP contribution in [0.25, 0.3) is 0 Å². The quantitative estimate of drug-likeness (QED) is 0.786. The molecule has 2 aromatic rings. The van der Waals surface area contributed by atoms with Gasteiger partial charge < -0.3 is 10.2 Å². The third-order valence-electron chi connectivity index (χ3n) is 4.71. The molecule has 4 nitrogen and oxygen atoms in total. The number of hydrogen-bond acceptors (Lipinski definition) is 2. The molecular formula is C24H32N2O2. The van der Waals surface area contributed by atoms with Gasteiger partial charge >= 0.3 is 0 Å². The molecule has 0 radical (unpaired) electrons. The Morgan fingerprint density at radius 3 is 1.96 bits per heavy atom. The van der Waals surface area contributed by atoms with Gasteiger partial charge in [0, 0.05) is 12.6 Å². The summed E-state index contributed by atoms with van der Waals surface area (Å²) in [5.41, 5.74) is 5.44. The first kappa shape index (κ1) is 21.7. The lowest BCUT2D eigenvalue weighted by Gasteiger charge is -2.29. The fourth-order valence-corrected chi connectivity index (χ4v) is 3.33. The van der Waals surface area contributed by atoms with Crippen LogP contribution in [0, 0.1) is 20.8 Å². The van der Waals surface area contributed by atoms with E-state index in [0.717, 1.165) is 22.3 Å². The van der Waals surface area contributed by atoms with Gasteiger partial charge in [0.25, 0.3) is 0 Å². The average molecular weight is 381 g/mol. The van der Waals surface area contributed by atoms with Gasteiger partial charge in [0.2, 0.25) is 11.8 Å². The summed E-state index contributed by atoms with van der Waals surface area (Å²) in [5.74, 6) is -0.173. The van der Waals surface area contributed by atoms with Crippen LogP contribution in [-0.2, 0) is 22.6 Å². The average Bonchev–Trinajstić information content (AvgIpc) is 2.59. The van der Waals surface area contributed by atoms with Crippen molar-refractivity contribution >= 4 is 11.8 Å². The minimum Gasteiger partial charge on any atom is -0.352 e. The van der Waals surface area contributed by atoms with Crippen LogP contribution in [0.15, 0.2) is 42.5 Å². The SMILES string of the molecule is Cc1ccc(CN(C(=O)Cc2cc(C)cc(C)c2)[C@H](C)C(=O)NC(C)C)cc1. The second kappa shape index (κ2) is 9.54. The van der Waals surface area contributed by atoms with Gasteiger partial charge in [-0.15, -0.1) is 0 Å². The van der Waals surface area contributed by atoms with Crippen LogP contribution in [0.4, 0.5) is 0 Å². The Hall–Kier alpha value is -2.62. The molecule has 0 aromatic heterocycles. The number of benzene rings is 2. The normalized spacial score (nSPS) is 12.0. The highest BCUT2D eigenvalue weighted by Gasteiger charge is 2.26. The van der Waals surface area contributed by atoms with Gasteiger partial charge in [-0.1, -0.05) is 59.2 Å². The number of rotatable bonds is 7. The molecule has 2 amide bonds. The fraction of sp³-hybridized carbons (Fsp3) is 0.417. The first-order valence-corrected chi connectivity index (χ1v) is 9.88. The molecule has 4 heteroatoms. The largest absolute Gasteiger partial charge is 0.352 e. The number of carbonyl (C=O) groups is 2. The first-order chi connectivity index (χ1) is 13.2. The summed E-state index contributed by atoms with van der Waals surface area (Å²) in [6.45, 7) is 12.2. The summed E-state index contributed by atoms with van der Waals surface area (Å²) in [6.07, 6.45) is 0.285. The molecule has 0 aliphatic rings. The highest BCUT2D eigenvalue weighted by molar-refractivity contribution is 5.88. The molecule has 0 aliphatic heterocycles. The summed E-state index contributed by atoms with van der Waals surface area (Å²) >= 11 is 0. The minimum atomic E-state index is -0.540. The molecule has 0 fully saturated rings. The number of amides is 2. The predicted molar refractivity (Wildman–Crippen MR) is 114 cm³/mol. The smallest absolute Gasteiger partial charge is 0.242 e. The zero-order valence-corrected chi connectivity index (χ0v) is 17.9. The molecule has 150 valence electrons. The molecule has 1 atom stereocenters. The molecule has 0 heterocycles. The highest BCUT2D eigenvalue weighted by Crippen LogP contribution is 2.15. The molecule has 0 unspecified atom stereocenters. The molecule has 0 bridgehead atoms. The molecule has 0 saturated heterocycles. The molecule has 1 N–H and O–H groups in total. The summed E-state index contributed by atoms with van der Waals surface area (Å²) < 4.78 is 0.